The van der Waals surface area contributed by atoms with E-state index in [-0.39, 0.29) is 17.4 Å². The van der Waals surface area contributed by atoms with Crippen LogP contribution in [0.4, 0.5) is 14.5 Å². The van der Waals surface area contributed by atoms with Gasteiger partial charge >= 0.3 is 6.61 Å². The summed E-state index contributed by atoms with van der Waals surface area (Å²) in [5.74, 6) is -0.274. The summed E-state index contributed by atoms with van der Waals surface area (Å²) in [6, 6.07) is 12.2. The van der Waals surface area contributed by atoms with E-state index in [1.807, 2.05) is 24.3 Å². The van der Waals surface area contributed by atoms with Gasteiger partial charge in [-0.25, -0.2) is 0 Å². The van der Waals surface area contributed by atoms with Gasteiger partial charge in [-0.3, -0.25) is 4.79 Å². The first-order chi connectivity index (χ1) is 14.0. The fourth-order valence-corrected chi connectivity index (χ4v) is 3.19. The molecule has 0 aliphatic carbocycles. The predicted octanol–water partition coefficient (Wildman–Crippen LogP) is 3.41. The second-order valence-electron chi connectivity index (χ2n) is 6.67. The van der Waals surface area contributed by atoms with Crippen molar-refractivity contribution in [1.82, 2.24) is 4.90 Å². The molecular formula is C21H24F2N2O4. The van der Waals surface area contributed by atoms with Crippen molar-refractivity contribution in [1.29, 1.82) is 0 Å². The zero-order valence-corrected chi connectivity index (χ0v) is 16.4. The van der Waals surface area contributed by atoms with Gasteiger partial charge in [0, 0.05) is 37.9 Å². The van der Waals surface area contributed by atoms with Crippen LogP contribution in [0.5, 0.6) is 11.5 Å². The third-order valence-corrected chi connectivity index (χ3v) is 4.71. The molecule has 2 aromatic rings. The summed E-state index contributed by atoms with van der Waals surface area (Å²) < 4.78 is 39.7. The topological polar surface area (TPSA) is 51.2 Å². The molecule has 0 bridgehead atoms. The Bertz CT molecular complexity index is 824. The summed E-state index contributed by atoms with van der Waals surface area (Å²) in [6.07, 6.45) is 0. The van der Waals surface area contributed by atoms with E-state index in [1.165, 1.54) is 25.3 Å². The zero-order chi connectivity index (χ0) is 20.8. The van der Waals surface area contributed by atoms with Gasteiger partial charge in [-0.2, -0.15) is 8.78 Å². The van der Waals surface area contributed by atoms with Gasteiger partial charge in [-0.1, -0.05) is 12.1 Å². The Hall–Kier alpha value is -2.87. The minimum atomic E-state index is -2.96. The van der Waals surface area contributed by atoms with Crippen molar-refractivity contribution in [3.05, 3.63) is 53.6 Å². The van der Waals surface area contributed by atoms with Crippen LogP contribution in [-0.2, 0) is 11.3 Å². The number of amides is 1. The number of benzene rings is 2. The molecule has 0 unspecified atom stereocenters. The van der Waals surface area contributed by atoms with E-state index in [1.54, 1.807) is 11.9 Å². The number of carbonyl (C=O) groups is 1. The van der Waals surface area contributed by atoms with Gasteiger partial charge in [-0.15, -0.1) is 0 Å². The molecule has 0 spiro atoms. The van der Waals surface area contributed by atoms with Crippen molar-refractivity contribution >= 4 is 11.6 Å². The number of methoxy groups -OCH3 is 1. The number of ether oxygens (including phenoxy) is 3. The lowest BCUT2D eigenvalue weighted by atomic mass is 10.1. The second kappa shape index (κ2) is 9.56. The van der Waals surface area contributed by atoms with Gasteiger partial charge in [-0.05, 0) is 35.9 Å². The molecule has 1 aliphatic heterocycles. The molecule has 0 aromatic heterocycles. The monoisotopic (exact) mass is 406 g/mol. The SMILES string of the molecule is COc1cc(C(=O)N(C)Cc2ccc(N3CCOCC3)cc2)ccc1OC(F)F. The molecule has 29 heavy (non-hydrogen) atoms. The van der Waals surface area contributed by atoms with Crippen LogP contribution in [-0.4, -0.2) is 57.9 Å². The minimum Gasteiger partial charge on any atom is -0.493 e. The number of alkyl halides is 2. The van der Waals surface area contributed by atoms with Crippen LogP contribution >= 0.6 is 0 Å². The van der Waals surface area contributed by atoms with Crippen LogP contribution in [0.2, 0.25) is 0 Å². The Labute approximate surface area is 168 Å². The number of hydrogen-bond acceptors (Lipinski definition) is 5. The van der Waals surface area contributed by atoms with Crippen molar-refractivity contribution in [3.8, 4) is 11.5 Å². The van der Waals surface area contributed by atoms with Crippen molar-refractivity contribution in [2.24, 2.45) is 0 Å². The number of nitrogens with zero attached hydrogens (tertiary/aromatic N) is 2. The maximum absolute atomic E-state index is 12.7. The predicted molar refractivity (Wildman–Crippen MR) is 105 cm³/mol. The number of anilines is 1. The summed E-state index contributed by atoms with van der Waals surface area (Å²) in [7, 11) is 3.02. The first-order valence-corrected chi connectivity index (χ1v) is 9.28. The maximum atomic E-state index is 12.7. The highest BCUT2D eigenvalue weighted by Crippen LogP contribution is 2.30. The Morgan fingerprint density at radius 3 is 2.45 bits per heavy atom. The van der Waals surface area contributed by atoms with Gasteiger partial charge < -0.3 is 24.0 Å². The van der Waals surface area contributed by atoms with Gasteiger partial charge in [0.05, 0.1) is 20.3 Å². The largest absolute Gasteiger partial charge is 0.493 e. The number of rotatable bonds is 7. The Balaban J connectivity index is 1.65. The molecule has 1 amide bonds. The summed E-state index contributed by atoms with van der Waals surface area (Å²) in [6.45, 7) is 0.636. The first kappa shape index (κ1) is 20.9. The Kier molecular flexibility index (Phi) is 6.87. The van der Waals surface area contributed by atoms with Crippen molar-refractivity contribution < 1.29 is 27.8 Å². The van der Waals surface area contributed by atoms with Crippen molar-refractivity contribution in [2.75, 3.05) is 45.4 Å². The standard InChI is InChI=1S/C21H24F2N2O4/c1-24(14-15-3-6-17(7-4-15)25-9-11-28-12-10-25)20(26)16-5-8-18(29-21(22)23)19(13-16)27-2/h3-8,13,21H,9-12,14H2,1-2H3. The third kappa shape index (κ3) is 5.35. The van der Waals surface area contributed by atoms with Gasteiger partial charge in [0.1, 0.15) is 0 Å². The fourth-order valence-electron chi connectivity index (χ4n) is 3.19. The molecule has 8 heteroatoms. The van der Waals surface area contributed by atoms with Gasteiger partial charge in [0.2, 0.25) is 0 Å². The highest BCUT2D eigenvalue weighted by molar-refractivity contribution is 5.94. The Morgan fingerprint density at radius 2 is 1.83 bits per heavy atom. The highest BCUT2D eigenvalue weighted by Gasteiger charge is 2.17. The smallest absolute Gasteiger partial charge is 0.387 e. The van der Waals surface area contributed by atoms with E-state index in [0.717, 1.165) is 37.6 Å². The Morgan fingerprint density at radius 1 is 1.14 bits per heavy atom. The van der Waals surface area contributed by atoms with Crippen LogP contribution in [0, 0.1) is 0 Å². The second-order valence-corrected chi connectivity index (χ2v) is 6.67. The maximum Gasteiger partial charge on any atom is 0.387 e. The number of hydrogen-bond donors (Lipinski definition) is 0. The average Bonchev–Trinajstić information content (AvgIpc) is 2.74. The van der Waals surface area contributed by atoms with Crippen LogP contribution in [0.3, 0.4) is 0 Å². The van der Waals surface area contributed by atoms with Crippen molar-refractivity contribution in [2.45, 2.75) is 13.2 Å². The molecule has 0 radical (unpaired) electrons. The zero-order valence-electron chi connectivity index (χ0n) is 16.4. The quantitative estimate of drug-likeness (QED) is 0.706. The fraction of sp³-hybridized carbons (Fsp3) is 0.381. The molecule has 0 saturated carbocycles. The van der Waals surface area contributed by atoms with Crippen LogP contribution < -0.4 is 14.4 Å². The average molecular weight is 406 g/mol. The van der Waals surface area contributed by atoms with E-state index < -0.39 is 6.61 Å². The molecule has 1 fully saturated rings. The van der Waals surface area contributed by atoms with E-state index in [9.17, 15) is 13.6 Å². The van der Waals surface area contributed by atoms with E-state index >= 15 is 0 Å². The van der Waals surface area contributed by atoms with Crippen LogP contribution in [0.15, 0.2) is 42.5 Å². The van der Waals surface area contributed by atoms with E-state index in [4.69, 9.17) is 9.47 Å². The molecule has 0 atom stereocenters. The molecule has 1 aliphatic rings. The van der Waals surface area contributed by atoms with Crippen LogP contribution in [0.25, 0.3) is 0 Å². The van der Waals surface area contributed by atoms with E-state index in [0.29, 0.717) is 12.1 Å². The van der Waals surface area contributed by atoms with E-state index in [2.05, 4.69) is 9.64 Å². The lowest BCUT2D eigenvalue weighted by Crippen LogP contribution is -2.36. The van der Waals surface area contributed by atoms with Crippen LogP contribution in [0.1, 0.15) is 15.9 Å². The normalized spacial score (nSPS) is 14.0. The number of carbonyl (C=O) groups excluding carboxylic acids is 1. The summed E-state index contributed by atoms with van der Waals surface area (Å²) in [4.78, 5) is 16.5. The number of morpholine rings is 1. The summed E-state index contributed by atoms with van der Waals surface area (Å²) in [5.41, 5.74) is 2.45. The third-order valence-electron chi connectivity index (χ3n) is 4.71. The molecule has 6 nitrogen and oxygen atoms in total. The molecular weight excluding hydrogens is 382 g/mol. The highest BCUT2D eigenvalue weighted by atomic mass is 19.3. The minimum absolute atomic E-state index is 0.0828. The number of halogens is 2. The molecule has 3 rings (SSSR count). The van der Waals surface area contributed by atoms with Crippen molar-refractivity contribution in [3.63, 3.8) is 0 Å². The van der Waals surface area contributed by atoms with Gasteiger partial charge in [0.15, 0.2) is 11.5 Å². The molecule has 2 aromatic carbocycles. The molecule has 1 heterocycles. The van der Waals surface area contributed by atoms with Gasteiger partial charge in [0.25, 0.3) is 5.91 Å². The lowest BCUT2D eigenvalue weighted by molar-refractivity contribution is -0.0512. The lowest BCUT2D eigenvalue weighted by Gasteiger charge is -2.29. The first-order valence-electron chi connectivity index (χ1n) is 9.28. The molecule has 0 N–H and O–H groups in total. The summed E-state index contributed by atoms with van der Waals surface area (Å²) >= 11 is 0. The summed E-state index contributed by atoms with van der Waals surface area (Å²) in [5, 5.41) is 0. The molecule has 1 saturated heterocycles. The molecule has 156 valence electrons.